The maximum atomic E-state index is 12.8. The fourth-order valence-electron chi connectivity index (χ4n) is 3.27. The summed E-state index contributed by atoms with van der Waals surface area (Å²) in [4.78, 5) is 25.8. The highest BCUT2D eigenvalue weighted by molar-refractivity contribution is 5.94. The summed E-state index contributed by atoms with van der Waals surface area (Å²) in [5.74, 6) is 1.08. The van der Waals surface area contributed by atoms with E-state index in [0.717, 1.165) is 29.2 Å². The molecule has 5 nitrogen and oxygen atoms in total. The third-order valence-electron chi connectivity index (χ3n) is 4.85. The minimum Gasteiger partial charge on any atom is -0.350 e. The van der Waals surface area contributed by atoms with Crippen molar-refractivity contribution in [3.63, 3.8) is 0 Å². The van der Waals surface area contributed by atoms with Crippen molar-refractivity contribution in [1.82, 2.24) is 14.9 Å². The highest BCUT2D eigenvalue weighted by atomic mass is 16.2. The lowest BCUT2D eigenvalue weighted by molar-refractivity contribution is 0.0644. The molecular formula is C19H24N4O. The number of anilines is 1. The SMILES string of the molecule is Cc1ncnc(N2C[C@@H](C)N(C(=O)c3ccccc3)C[C@@H]2C)c1C. The van der Waals surface area contributed by atoms with Crippen LogP contribution in [0.5, 0.6) is 0 Å². The van der Waals surface area contributed by atoms with E-state index in [1.54, 1.807) is 6.33 Å². The first-order valence-corrected chi connectivity index (χ1v) is 8.40. The Morgan fingerprint density at radius 1 is 1.04 bits per heavy atom. The summed E-state index contributed by atoms with van der Waals surface area (Å²) in [6, 6.07) is 9.84. The molecular weight excluding hydrogens is 300 g/mol. The Kier molecular flexibility index (Phi) is 4.51. The number of amides is 1. The van der Waals surface area contributed by atoms with Crippen LogP contribution in [0.2, 0.25) is 0 Å². The smallest absolute Gasteiger partial charge is 0.254 e. The molecule has 0 saturated carbocycles. The van der Waals surface area contributed by atoms with Crippen molar-refractivity contribution in [2.24, 2.45) is 0 Å². The van der Waals surface area contributed by atoms with E-state index in [2.05, 4.69) is 35.6 Å². The Morgan fingerprint density at radius 2 is 1.75 bits per heavy atom. The van der Waals surface area contributed by atoms with Gasteiger partial charge in [-0.1, -0.05) is 18.2 Å². The normalized spacial score (nSPS) is 21.0. The first-order chi connectivity index (χ1) is 11.5. The minimum atomic E-state index is 0.102. The van der Waals surface area contributed by atoms with Crippen LogP contribution in [-0.2, 0) is 0 Å². The van der Waals surface area contributed by atoms with Gasteiger partial charge in [0.05, 0.1) is 0 Å². The first kappa shape index (κ1) is 16.4. The van der Waals surface area contributed by atoms with Gasteiger partial charge in [-0.3, -0.25) is 4.79 Å². The Hall–Kier alpha value is -2.43. The van der Waals surface area contributed by atoms with Crippen LogP contribution in [0.1, 0.15) is 35.5 Å². The number of benzene rings is 1. The molecule has 1 saturated heterocycles. The molecule has 0 bridgehead atoms. The number of nitrogens with zero attached hydrogens (tertiary/aromatic N) is 4. The molecule has 3 rings (SSSR count). The molecule has 1 aromatic heterocycles. The van der Waals surface area contributed by atoms with Crippen molar-refractivity contribution in [1.29, 1.82) is 0 Å². The van der Waals surface area contributed by atoms with Gasteiger partial charge < -0.3 is 9.80 Å². The van der Waals surface area contributed by atoms with Crippen LogP contribution in [0.15, 0.2) is 36.7 Å². The van der Waals surface area contributed by atoms with Crippen molar-refractivity contribution in [2.45, 2.75) is 39.8 Å². The highest BCUT2D eigenvalue weighted by Gasteiger charge is 2.33. The summed E-state index contributed by atoms with van der Waals surface area (Å²) in [6.07, 6.45) is 1.62. The van der Waals surface area contributed by atoms with Crippen LogP contribution in [0.3, 0.4) is 0 Å². The quantitative estimate of drug-likeness (QED) is 0.852. The average molecular weight is 324 g/mol. The van der Waals surface area contributed by atoms with E-state index >= 15 is 0 Å². The summed E-state index contributed by atoms with van der Waals surface area (Å²) in [7, 11) is 0. The fourth-order valence-corrected chi connectivity index (χ4v) is 3.27. The van der Waals surface area contributed by atoms with Crippen LogP contribution >= 0.6 is 0 Å². The van der Waals surface area contributed by atoms with Crippen LogP contribution < -0.4 is 4.90 Å². The molecule has 2 heterocycles. The molecule has 5 heteroatoms. The van der Waals surface area contributed by atoms with E-state index in [-0.39, 0.29) is 18.0 Å². The van der Waals surface area contributed by atoms with Crippen LogP contribution in [0.4, 0.5) is 5.82 Å². The second kappa shape index (κ2) is 6.59. The number of carbonyl (C=O) groups excluding carboxylic acids is 1. The second-order valence-electron chi connectivity index (χ2n) is 6.58. The maximum absolute atomic E-state index is 12.8. The van der Waals surface area contributed by atoms with E-state index in [1.165, 1.54) is 0 Å². The highest BCUT2D eigenvalue weighted by Crippen LogP contribution is 2.26. The summed E-state index contributed by atoms with van der Waals surface area (Å²) in [6.45, 7) is 9.78. The molecule has 2 atom stereocenters. The number of hydrogen-bond donors (Lipinski definition) is 0. The largest absolute Gasteiger partial charge is 0.350 e. The number of hydrogen-bond acceptors (Lipinski definition) is 4. The first-order valence-electron chi connectivity index (χ1n) is 8.40. The van der Waals surface area contributed by atoms with E-state index in [0.29, 0.717) is 6.54 Å². The molecule has 1 fully saturated rings. The summed E-state index contributed by atoms with van der Waals surface area (Å²) < 4.78 is 0. The van der Waals surface area contributed by atoms with E-state index in [9.17, 15) is 4.79 Å². The zero-order valence-corrected chi connectivity index (χ0v) is 14.7. The molecule has 24 heavy (non-hydrogen) atoms. The maximum Gasteiger partial charge on any atom is 0.254 e. The van der Waals surface area contributed by atoms with Crippen molar-refractivity contribution in [3.8, 4) is 0 Å². The molecule has 126 valence electrons. The summed E-state index contributed by atoms with van der Waals surface area (Å²) in [5, 5.41) is 0. The predicted molar refractivity (Wildman–Crippen MR) is 95.3 cm³/mol. The Morgan fingerprint density at radius 3 is 2.46 bits per heavy atom. The van der Waals surface area contributed by atoms with Crippen LogP contribution in [0, 0.1) is 13.8 Å². The lowest BCUT2D eigenvalue weighted by Crippen LogP contribution is -2.58. The van der Waals surface area contributed by atoms with Gasteiger partial charge in [0, 0.05) is 42.0 Å². The number of piperazine rings is 1. The molecule has 0 unspecified atom stereocenters. The van der Waals surface area contributed by atoms with Crippen molar-refractivity contribution in [3.05, 3.63) is 53.5 Å². The summed E-state index contributed by atoms with van der Waals surface area (Å²) in [5.41, 5.74) is 2.86. The minimum absolute atomic E-state index is 0.102. The van der Waals surface area contributed by atoms with Gasteiger partial charge >= 0.3 is 0 Å². The van der Waals surface area contributed by atoms with Gasteiger partial charge in [-0.2, -0.15) is 0 Å². The molecule has 0 spiro atoms. The van der Waals surface area contributed by atoms with Crippen LogP contribution in [0.25, 0.3) is 0 Å². The zero-order valence-electron chi connectivity index (χ0n) is 14.7. The van der Waals surface area contributed by atoms with Gasteiger partial charge in [0.2, 0.25) is 0 Å². The summed E-state index contributed by atoms with van der Waals surface area (Å²) >= 11 is 0. The monoisotopic (exact) mass is 324 g/mol. The number of carbonyl (C=O) groups is 1. The van der Waals surface area contributed by atoms with Gasteiger partial charge in [-0.15, -0.1) is 0 Å². The van der Waals surface area contributed by atoms with Crippen molar-refractivity contribution < 1.29 is 4.79 Å². The lowest BCUT2D eigenvalue weighted by atomic mass is 10.1. The standard InChI is InChI=1S/C19H24N4O/c1-13-11-23(19(24)17-8-6-5-7-9-17)14(2)10-22(13)18-15(3)16(4)20-12-21-18/h5-9,12-14H,10-11H2,1-4H3/t13-,14+/m0/s1. The molecule has 1 amide bonds. The fraction of sp³-hybridized carbons (Fsp3) is 0.421. The van der Waals surface area contributed by atoms with Gasteiger partial charge in [-0.05, 0) is 39.8 Å². The van der Waals surface area contributed by atoms with E-state index in [4.69, 9.17) is 0 Å². The Bertz CT molecular complexity index is 731. The molecule has 0 radical (unpaired) electrons. The van der Waals surface area contributed by atoms with E-state index in [1.807, 2.05) is 42.2 Å². The second-order valence-corrected chi connectivity index (χ2v) is 6.58. The Labute approximate surface area is 143 Å². The molecule has 2 aromatic rings. The molecule has 1 aliphatic rings. The third kappa shape index (κ3) is 2.98. The van der Waals surface area contributed by atoms with Gasteiger partial charge in [-0.25, -0.2) is 9.97 Å². The van der Waals surface area contributed by atoms with Crippen LogP contribution in [-0.4, -0.2) is 45.9 Å². The molecule has 1 aliphatic heterocycles. The molecule has 1 aromatic carbocycles. The van der Waals surface area contributed by atoms with Gasteiger partial charge in [0.15, 0.2) is 0 Å². The number of aryl methyl sites for hydroxylation is 1. The van der Waals surface area contributed by atoms with Crippen molar-refractivity contribution in [2.75, 3.05) is 18.0 Å². The molecule has 0 N–H and O–H groups in total. The predicted octanol–water partition coefficient (Wildman–Crippen LogP) is 2.83. The topological polar surface area (TPSA) is 49.3 Å². The van der Waals surface area contributed by atoms with Gasteiger partial charge in [0.1, 0.15) is 12.1 Å². The Balaban J connectivity index is 1.82. The molecule has 0 aliphatic carbocycles. The third-order valence-corrected chi connectivity index (χ3v) is 4.85. The van der Waals surface area contributed by atoms with Crippen molar-refractivity contribution >= 4 is 11.7 Å². The average Bonchev–Trinajstić information content (AvgIpc) is 2.59. The number of aromatic nitrogens is 2. The van der Waals surface area contributed by atoms with Gasteiger partial charge in [0.25, 0.3) is 5.91 Å². The number of rotatable bonds is 2. The van der Waals surface area contributed by atoms with E-state index < -0.39 is 0 Å². The zero-order chi connectivity index (χ0) is 17.3. The lowest BCUT2D eigenvalue weighted by Gasteiger charge is -2.45.